The first-order chi connectivity index (χ1) is 8.24. The first-order valence-corrected chi connectivity index (χ1v) is 6.24. The van der Waals surface area contributed by atoms with Crippen molar-refractivity contribution in [2.24, 2.45) is 5.41 Å². The molecule has 1 N–H and O–H groups in total. The molecule has 0 atom stereocenters. The second kappa shape index (κ2) is 3.84. The molecule has 3 rings (SSSR count). The summed E-state index contributed by atoms with van der Waals surface area (Å²) in [4.78, 5) is 4.31. The Hall–Kier alpha value is -1.36. The number of rotatable bonds is 4. The Bertz CT molecular complexity index is 546. The second-order valence-electron chi connectivity index (χ2n) is 4.70. The van der Waals surface area contributed by atoms with Gasteiger partial charge in [0.1, 0.15) is 5.82 Å². The molecule has 90 valence electrons. The Morgan fingerprint density at radius 3 is 3.00 bits per heavy atom. The van der Waals surface area contributed by atoms with Gasteiger partial charge >= 0.3 is 0 Å². The van der Waals surface area contributed by atoms with E-state index in [9.17, 15) is 0 Å². The molecule has 1 saturated carbocycles. The minimum absolute atomic E-state index is 0.269. The number of anilines is 1. The fourth-order valence-electron chi connectivity index (χ4n) is 1.87. The van der Waals surface area contributed by atoms with E-state index >= 15 is 0 Å². The van der Waals surface area contributed by atoms with E-state index in [1.807, 2.05) is 17.5 Å². The van der Waals surface area contributed by atoms with Crippen molar-refractivity contribution in [2.45, 2.75) is 19.8 Å². The molecule has 17 heavy (non-hydrogen) atoms. The van der Waals surface area contributed by atoms with Gasteiger partial charge in [-0.05, 0) is 19.8 Å². The van der Waals surface area contributed by atoms with Crippen LogP contribution in [0.2, 0.25) is 0 Å². The van der Waals surface area contributed by atoms with E-state index in [1.54, 1.807) is 6.20 Å². The van der Waals surface area contributed by atoms with Crippen molar-refractivity contribution in [2.75, 3.05) is 17.7 Å². The summed E-state index contributed by atoms with van der Waals surface area (Å²) in [6.45, 7) is 2.78. The Kier molecular flexibility index (Phi) is 2.43. The summed E-state index contributed by atoms with van der Waals surface area (Å²) in [5.41, 5.74) is 1.04. The first-order valence-electron chi connectivity index (χ1n) is 5.70. The van der Waals surface area contributed by atoms with E-state index in [2.05, 4.69) is 20.5 Å². The highest BCUT2D eigenvalue weighted by atomic mass is 35.5. The Balaban J connectivity index is 1.85. The van der Waals surface area contributed by atoms with Crippen LogP contribution in [-0.2, 0) is 0 Å². The maximum absolute atomic E-state index is 5.95. The molecular weight excluding hydrogens is 238 g/mol. The van der Waals surface area contributed by atoms with Crippen LogP contribution in [0.15, 0.2) is 12.4 Å². The van der Waals surface area contributed by atoms with Crippen LogP contribution in [0.1, 0.15) is 18.7 Å². The molecule has 0 unspecified atom stereocenters. The number of hydrogen-bond donors (Lipinski definition) is 1. The molecule has 0 bridgehead atoms. The van der Waals surface area contributed by atoms with Gasteiger partial charge in [0.05, 0.1) is 0 Å². The predicted molar refractivity (Wildman–Crippen MR) is 66.4 cm³/mol. The standard InChI is InChI=1S/C11H14ClN5/c1-8-15-16-10-9(13-4-5-17(8)10)14-7-11(6-12)2-3-11/h4-5H,2-3,6-7H2,1H3,(H,13,14). The average Bonchev–Trinajstić information content (AvgIpc) is 3.05. The normalized spacial score (nSPS) is 17.3. The summed E-state index contributed by atoms with van der Waals surface area (Å²) in [6.07, 6.45) is 6.01. The topological polar surface area (TPSA) is 55.1 Å². The fraction of sp³-hybridized carbons (Fsp3) is 0.545. The number of aryl methyl sites for hydroxylation is 1. The summed E-state index contributed by atoms with van der Waals surface area (Å²) in [5, 5.41) is 11.5. The molecule has 0 aliphatic heterocycles. The lowest BCUT2D eigenvalue weighted by Crippen LogP contribution is -2.18. The molecule has 0 aromatic carbocycles. The molecular formula is C11H14ClN5. The third-order valence-corrected chi connectivity index (χ3v) is 3.94. The maximum Gasteiger partial charge on any atom is 0.203 e. The van der Waals surface area contributed by atoms with Crippen LogP contribution < -0.4 is 5.32 Å². The highest BCUT2D eigenvalue weighted by Crippen LogP contribution is 2.46. The Morgan fingerprint density at radius 2 is 2.29 bits per heavy atom. The minimum Gasteiger partial charge on any atom is -0.366 e. The van der Waals surface area contributed by atoms with Gasteiger partial charge in [-0.25, -0.2) is 4.98 Å². The van der Waals surface area contributed by atoms with Gasteiger partial charge in [0, 0.05) is 30.2 Å². The largest absolute Gasteiger partial charge is 0.366 e. The van der Waals surface area contributed by atoms with Crippen molar-refractivity contribution in [1.29, 1.82) is 0 Å². The lowest BCUT2D eigenvalue weighted by Gasteiger charge is -2.12. The van der Waals surface area contributed by atoms with Gasteiger partial charge in [-0.1, -0.05) is 0 Å². The molecule has 2 heterocycles. The number of aromatic nitrogens is 4. The number of halogens is 1. The van der Waals surface area contributed by atoms with E-state index in [0.29, 0.717) is 5.88 Å². The zero-order valence-corrected chi connectivity index (χ0v) is 10.4. The van der Waals surface area contributed by atoms with Gasteiger partial charge in [-0.15, -0.1) is 21.8 Å². The van der Waals surface area contributed by atoms with Gasteiger partial charge < -0.3 is 5.32 Å². The molecule has 0 saturated heterocycles. The van der Waals surface area contributed by atoms with Crippen LogP contribution in [-0.4, -0.2) is 32.0 Å². The SMILES string of the molecule is Cc1nnc2c(NCC3(CCl)CC3)nccn12. The van der Waals surface area contributed by atoms with Gasteiger partial charge in [0.2, 0.25) is 5.65 Å². The van der Waals surface area contributed by atoms with Crippen LogP contribution in [0, 0.1) is 12.3 Å². The smallest absolute Gasteiger partial charge is 0.203 e. The third-order valence-electron chi connectivity index (χ3n) is 3.37. The number of nitrogens with zero attached hydrogens (tertiary/aromatic N) is 4. The van der Waals surface area contributed by atoms with Crippen LogP contribution >= 0.6 is 11.6 Å². The molecule has 5 nitrogen and oxygen atoms in total. The van der Waals surface area contributed by atoms with Crippen LogP contribution in [0.4, 0.5) is 5.82 Å². The molecule has 2 aromatic rings. The van der Waals surface area contributed by atoms with E-state index in [0.717, 1.165) is 23.8 Å². The van der Waals surface area contributed by atoms with E-state index in [4.69, 9.17) is 11.6 Å². The zero-order valence-electron chi connectivity index (χ0n) is 9.65. The van der Waals surface area contributed by atoms with Gasteiger partial charge in [-0.3, -0.25) is 4.40 Å². The number of fused-ring (bicyclic) bond motifs is 1. The van der Waals surface area contributed by atoms with E-state index in [1.165, 1.54) is 12.8 Å². The average molecular weight is 252 g/mol. The molecule has 1 aliphatic carbocycles. The van der Waals surface area contributed by atoms with Crippen molar-refractivity contribution in [3.05, 3.63) is 18.2 Å². The molecule has 2 aromatic heterocycles. The van der Waals surface area contributed by atoms with E-state index in [-0.39, 0.29) is 5.41 Å². The van der Waals surface area contributed by atoms with Crippen molar-refractivity contribution in [1.82, 2.24) is 19.6 Å². The van der Waals surface area contributed by atoms with Crippen molar-refractivity contribution >= 4 is 23.1 Å². The number of nitrogens with one attached hydrogen (secondary N) is 1. The van der Waals surface area contributed by atoms with Crippen LogP contribution in [0.25, 0.3) is 5.65 Å². The second-order valence-corrected chi connectivity index (χ2v) is 4.97. The van der Waals surface area contributed by atoms with Crippen LogP contribution in [0.5, 0.6) is 0 Å². The molecule has 0 amide bonds. The molecule has 6 heteroatoms. The van der Waals surface area contributed by atoms with E-state index < -0.39 is 0 Å². The highest BCUT2D eigenvalue weighted by molar-refractivity contribution is 6.18. The highest BCUT2D eigenvalue weighted by Gasteiger charge is 2.41. The molecule has 0 radical (unpaired) electrons. The number of alkyl halides is 1. The van der Waals surface area contributed by atoms with Crippen molar-refractivity contribution < 1.29 is 0 Å². The Labute approximate surface area is 104 Å². The predicted octanol–water partition coefficient (Wildman–Crippen LogP) is 1.86. The summed E-state index contributed by atoms with van der Waals surface area (Å²) in [6, 6.07) is 0. The monoisotopic (exact) mass is 251 g/mol. The van der Waals surface area contributed by atoms with Crippen molar-refractivity contribution in [3.63, 3.8) is 0 Å². The zero-order chi connectivity index (χ0) is 11.9. The minimum atomic E-state index is 0.269. The summed E-state index contributed by atoms with van der Waals surface area (Å²) >= 11 is 5.95. The summed E-state index contributed by atoms with van der Waals surface area (Å²) < 4.78 is 1.93. The fourth-order valence-corrected chi connectivity index (χ4v) is 2.23. The van der Waals surface area contributed by atoms with Crippen LogP contribution in [0.3, 0.4) is 0 Å². The van der Waals surface area contributed by atoms with Gasteiger partial charge in [0.15, 0.2) is 5.82 Å². The molecule has 0 spiro atoms. The number of hydrogen-bond acceptors (Lipinski definition) is 4. The third kappa shape index (κ3) is 1.84. The van der Waals surface area contributed by atoms with Crippen molar-refractivity contribution in [3.8, 4) is 0 Å². The first kappa shape index (κ1) is 10.8. The molecule has 1 aliphatic rings. The maximum atomic E-state index is 5.95. The summed E-state index contributed by atoms with van der Waals surface area (Å²) in [5.74, 6) is 2.35. The van der Waals surface area contributed by atoms with Gasteiger partial charge in [0.25, 0.3) is 0 Å². The lowest BCUT2D eigenvalue weighted by molar-refractivity contribution is 0.617. The molecule has 1 fully saturated rings. The quantitative estimate of drug-likeness (QED) is 0.843. The summed E-state index contributed by atoms with van der Waals surface area (Å²) in [7, 11) is 0. The lowest BCUT2D eigenvalue weighted by atomic mass is 10.1. The Morgan fingerprint density at radius 1 is 1.47 bits per heavy atom. The van der Waals surface area contributed by atoms with Gasteiger partial charge in [-0.2, -0.15) is 0 Å².